The van der Waals surface area contributed by atoms with Crippen molar-refractivity contribution < 1.29 is 23.6 Å². The van der Waals surface area contributed by atoms with Crippen molar-refractivity contribution in [3.8, 4) is 11.5 Å². The number of methoxy groups -OCH3 is 1. The minimum Gasteiger partial charge on any atom is -0.464 e. The number of rotatable bonds is 5. The first-order valence-electron chi connectivity index (χ1n) is 7.38. The summed E-state index contributed by atoms with van der Waals surface area (Å²) in [5, 5.41) is 23.5. The van der Waals surface area contributed by atoms with Crippen molar-refractivity contribution in [3.63, 3.8) is 0 Å². The summed E-state index contributed by atoms with van der Waals surface area (Å²) in [5.41, 5.74) is 0.570. The SMILES string of the molecule is COC(=O)C(=NN1CCOCC1)c1c[nH]nc1-c1ccc([N+](=O)[O-])o1. The Bertz CT molecular complexity index is 804. The van der Waals surface area contributed by atoms with E-state index in [1.807, 2.05) is 0 Å². The van der Waals surface area contributed by atoms with Gasteiger partial charge in [0, 0.05) is 6.20 Å². The first-order valence-corrected chi connectivity index (χ1v) is 7.38. The Morgan fingerprint density at radius 3 is 2.84 bits per heavy atom. The Labute approximate surface area is 141 Å². The number of carbonyl (C=O) groups is 1. The largest absolute Gasteiger partial charge is 0.464 e. The molecule has 1 aliphatic rings. The Morgan fingerprint density at radius 1 is 1.44 bits per heavy atom. The van der Waals surface area contributed by atoms with Gasteiger partial charge in [0.1, 0.15) is 10.6 Å². The smallest absolute Gasteiger partial charge is 0.433 e. The predicted molar refractivity (Wildman–Crippen MR) is 83.9 cm³/mol. The molecule has 132 valence electrons. The molecule has 11 heteroatoms. The average Bonchev–Trinajstić information content (AvgIpc) is 3.28. The van der Waals surface area contributed by atoms with Crippen molar-refractivity contribution in [2.75, 3.05) is 33.4 Å². The van der Waals surface area contributed by atoms with Crippen LogP contribution in [0.3, 0.4) is 0 Å². The van der Waals surface area contributed by atoms with Crippen molar-refractivity contribution in [1.29, 1.82) is 0 Å². The molecule has 0 unspecified atom stereocenters. The predicted octanol–water partition coefficient (Wildman–Crippen LogP) is 0.787. The van der Waals surface area contributed by atoms with Crippen LogP contribution in [0.25, 0.3) is 11.5 Å². The summed E-state index contributed by atoms with van der Waals surface area (Å²) in [6, 6.07) is 2.62. The number of ether oxygens (including phenoxy) is 2. The van der Waals surface area contributed by atoms with Gasteiger partial charge in [-0.3, -0.25) is 20.2 Å². The van der Waals surface area contributed by atoms with Crippen LogP contribution in [-0.2, 0) is 14.3 Å². The zero-order valence-corrected chi connectivity index (χ0v) is 13.3. The van der Waals surface area contributed by atoms with Crippen LogP contribution >= 0.6 is 0 Å². The van der Waals surface area contributed by atoms with Gasteiger partial charge < -0.3 is 13.9 Å². The minimum absolute atomic E-state index is 0.0206. The van der Waals surface area contributed by atoms with Crippen LogP contribution in [0, 0.1) is 10.1 Å². The molecule has 3 rings (SSSR count). The molecular formula is C14H15N5O6. The first kappa shape index (κ1) is 16.6. The molecule has 0 saturated carbocycles. The molecule has 0 aromatic carbocycles. The maximum absolute atomic E-state index is 12.2. The van der Waals surface area contributed by atoms with Gasteiger partial charge >= 0.3 is 11.9 Å². The summed E-state index contributed by atoms with van der Waals surface area (Å²) in [4.78, 5) is 22.3. The molecular weight excluding hydrogens is 334 g/mol. The standard InChI is InChI=1S/C14H15N5O6/c1-23-14(20)13(17-18-4-6-24-7-5-18)9-8-15-16-12(9)10-2-3-11(25-10)19(21)22/h2-3,8H,4-7H2,1H3,(H,15,16). The van der Waals surface area contributed by atoms with Crippen molar-refractivity contribution in [1.82, 2.24) is 15.2 Å². The lowest BCUT2D eigenvalue weighted by Crippen LogP contribution is -2.34. The molecule has 0 radical (unpaired) electrons. The lowest BCUT2D eigenvalue weighted by molar-refractivity contribution is -0.401. The zero-order chi connectivity index (χ0) is 17.8. The lowest BCUT2D eigenvalue weighted by atomic mass is 10.1. The van der Waals surface area contributed by atoms with E-state index in [0.717, 1.165) is 0 Å². The first-order chi connectivity index (χ1) is 12.1. The molecule has 1 saturated heterocycles. The molecule has 2 aromatic heterocycles. The normalized spacial score (nSPS) is 15.2. The van der Waals surface area contributed by atoms with Gasteiger partial charge in [-0.25, -0.2) is 4.79 Å². The number of hydrogen-bond acceptors (Lipinski definition) is 9. The van der Waals surface area contributed by atoms with Crippen LogP contribution < -0.4 is 0 Å². The highest BCUT2D eigenvalue weighted by Crippen LogP contribution is 2.27. The zero-order valence-electron chi connectivity index (χ0n) is 13.3. The molecule has 0 amide bonds. The molecule has 0 bridgehead atoms. The monoisotopic (exact) mass is 349 g/mol. The topological polar surface area (TPSA) is 136 Å². The van der Waals surface area contributed by atoms with E-state index in [0.29, 0.717) is 31.9 Å². The molecule has 1 fully saturated rings. The number of hydrogen-bond donors (Lipinski definition) is 1. The summed E-state index contributed by atoms with van der Waals surface area (Å²) < 4.78 is 15.2. The van der Waals surface area contributed by atoms with E-state index < -0.39 is 16.8 Å². The van der Waals surface area contributed by atoms with Crippen LogP contribution in [0.2, 0.25) is 0 Å². The summed E-state index contributed by atoms with van der Waals surface area (Å²) in [6.45, 7) is 2.06. The third-order valence-electron chi connectivity index (χ3n) is 3.51. The molecule has 0 aliphatic carbocycles. The van der Waals surface area contributed by atoms with Crippen molar-refractivity contribution in [2.45, 2.75) is 0 Å². The van der Waals surface area contributed by atoms with Crippen molar-refractivity contribution in [2.24, 2.45) is 5.10 Å². The second-order valence-electron chi connectivity index (χ2n) is 5.05. The molecule has 0 spiro atoms. The van der Waals surface area contributed by atoms with Crippen LogP contribution in [0.5, 0.6) is 0 Å². The quantitative estimate of drug-likeness (QED) is 0.362. The fourth-order valence-corrected chi connectivity index (χ4v) is 2.31. The minimum atomic E-state index is -0.657. The van der Waals surface area contributed by atoms with Crippen molar-refractivity contribution >= 4 is 17.6 Å². The van der Waals surface area contributed by atoms with Gasteiger partial charge in [0.15, 0.2) is 11.5 Å². The fraction of sp³-hybridized carbons (Fsp3) is 0.357. The number of aromatic amines is 1. The summed E-state index contributed by atoms with van der Waals surface area (Å²) in [7, 11) is 1.24. The van der Waals surface area contributed by atoms with E-state index in [1.165, 1.54) is 25.4 Å². The second kappa shape index (κ2) is 7.13. The number of furan rings is 1. The van der Waals surface area contributed by atoms with Gasteiger partial charge in [0.05, 0.1) is 45.0 Å². The van der Waals surface area contributed by atoms with E-state index in [1.54, 1.807) is 5.01 Å². The van der Waals surface area contributed by atoms with Gasteiger partial charge in [-0.2, -0.15) is 10.2 Å². The highest BCUT2D eigenvalue weighted by atomic mass is 16.6. The number of nitrogens with zero attached hydrogens (tertiary/aromatic N) is 4. The molecule has 1 N–H and O–H groups in total. The summed E-state index contributed by atoms with van der Waals surface area (Å²) in [6.07, 6.45) is 1.46. The number of esters is 1. The number of nitrogens with one attached hydrogen (secondary N) is 1. The van der Waals surface area contributed by atoms with Gasteiger partial charge in [0.2, 0.25) is 0 Å². The molecule has 1 aliphatic heterocycles. The maximum atomic E-state index is 12.2. The highest BCUT2D eigenvalue weighted by Gasteiger charge is 2.26. The highest BCUT2D eigenvalue weighted by molar-refractivity contribution is 6.44. The maximum Gasteiger partial charge on any atom is 0.433 e. The summed E-state index contributed by atoms with van der Waals surface area (Å²) in [5.74, 6) is -0.939. The molecule has 0 atom stereocenters. The van der Waals surface area contributed by atoms with E-state index in [2.05, 4.69) is 15.3 Å². The van der Waals surface area contributed by atoms with E-state index in [9.17, 15) is 14.9 Å². The Kier molecular flexibility index (Phi) is 4.75. The number of hydrazone groups is 1. The average molecular weight is 349 g/mol. The summed E-state index contributed by atoms with van der Waals surface area (Å²) >= 11 is 0. The van der Waals surface area contributed by atoms with Crippen LogP contribution in [0.4, 0.5) is 5.88 Å². The number of carbonyl (C=O) groups excluding carboxylic acids is 1. The van der Waals surface area contributed by atoms with E-state index >= 15 is 0 Å². The Balaban J connectivity index is 1.99. The molecule has 2 aromatic rings. The third kappa shape index (κ3) is 3.50. The van der Waals surface area contributed by atoms with Crippen molar-refractivity contribution in [3.05, 3.63) is 34.0 Å². The molecule has 11 nitrogen and oxygen atoms in total. The lowest BCUT2D eigenvalue weighted by Gasteiger charge is -2.24. The molecule has 3 heterocycles. The van der Waals surface area contributed by atoms with Crippen LogP contribution in [-0.4, -0.2) is 65.2 Å². The Hall–Kier alpha value is -3.21. The van der Waals surface area contributed by atoms with Gasteiger partial charge in [-0.05, 0) is 6.07 Å². The van der Waals surface area contributed by atoms with Crippen LogP contribution in [0.15, 0.2) is 27.8 Å². The number of morpholine rings is 1. The van der Waals surface area contributed by atoms with E-state index in [4.69, 9.17) is 13.9 Å². The number of nitro groups is 1. The number of aromatic nitrogens is 2. The van der Waals surface area contributed by atoms with Gasteiger partial charge in [-0.15, -0.1) is 0 Å². The van der Waals surface area contributed by atoms with E-state index in [-0.39, 0.29) is 17.2 Å². The van der Waals surface area contributed by atoms with Gasteiger partial charge in [-0.1, -0.05) is 0 Å². The van der Waals surface area contributed by atoms with Gasteiger partial charge in [0.25, 0.3) is 0 Å². The third-order valence-corrected chi connectivity index (χ3v) is 3.51. The number of H-pyrrole nitrogens is 1. The molecule has 25 heavy (non-hydrogen) atoms. The second-order valence-corrected chi connectivity index (χ2v) is 5.05. The van der Waals surface area contributed by atoms with Crippen LogP contribution in [0.1, 0.15) is 5.56 Å². The Morgan fingerprint density at radius 2 is 2.20 bits per heavy atom. The fourth-order valence-electron chi connectivity index (χ4n) is 2.31.